The van der Waals surface area contributed by atoms with Crippen molar-refractivity contribution in [1.29, 1.82) is 0 Å². The lowest BCUT2D eigenvalue weighted by Crippen LogP contribution is -2.24. The predicted octanol–water partition coefficient (Wildman–Crippen LogP) is 3.03. The van der Waals surface area contributed by atoms with Crippen molar-refractivity contribution in [2.45, 2.75) is 26.3 Å². The Balaban J connectivity index is 2.50. The normalized spacial score (nSPS) is 24.5. The Hall–Kier alpha value is -0.340. The highest BCUT2D eigenvalue weighted by Crippen LogP contribution is 2.43. The van der Waals surface area contributed by atoms with Gasteiger partial charge in [-0.25, -0.2) is 0 Å². The molecule has 0 heterocycles. The average Bonchev–Trinajstić information content (AvgIpc) is 2.22. The van der Waals surface area contributed by atoms with Crippen molar-refractivity contribution in [1.82, 2.24) is 0 Å². The minimum atomic E-state index is 0.190. The Kier molecular flexibility index (Phi) is 2.00. The Labute approximate surface area is 87.5 Å². The monoisotopic (exact) mass is 239 g/mol. The fourth-order valence-electron chi connectivity index (χ4n) is 2.05. The molecule has 0 unspecified atom stereocenters. The summed E-state index contributed by atoms with van der Waals surface area (Å²) in [7, 11) is 0. The zero-order valence-corrected chi connectivity index (χ0v) is 9.56. The lowest BCUT2D eigenvalue weighted by atomic mass is 9.86. The zero-order chi connectivity index (χ0) is 9.64. The highest BCUT2D eigenvalue weighted by molar-refractivity contribution is 9.10. The SMILES string of the molecule is CC1(C)Cc2cc(Br)ccc2[C@H]1N. The first-order valence-corrected chi connectivity index (χ1v) is 5.34. The molecule has 0 aromatic heterocycles. The van der Waals surface area contributed by atoms with Crippen LogP contribution in [0.15, 0.2) is 22.7 Å². The molecule has 2 rings (SSSR count). The maximum absolute atomic E-state index is 6.16. The molecule has 1 nitrogen and oxygen atoms in total. The minimum Gasteiger partial charge on any atom is -0.323 e. The van der Waals surface area contributed by atoms with Crippen LogP contribution in [0.2, 0.25) is 0 Å². The Morgan fingerprint density at radius 1 is 1.46 bits per heavy atom. The van der Waals surface area contributed by atoms with Gasteiger partial charge in [0.1, 0.15) is 0 Å². The molecule has 13 heavy (non-hydrogen) atoms. The second-order valence-corrected chi connectivity index (χ2v) is 5.40. The van der Waals surface area contributed by atoms with Gasteiger partial charge in [0, 0.05) is 10.5 Å². The highest BCUT2D eigenvalue weighted by Gasteiger charge is 2.36. The third-order valence-electron chi connectivity index (χ3n) is 2.93. The lowest BCUT2D eigenvalue weighted by Gasteiger charge is -2.23. The van der Waals surface area contributed by atoms with Crippen LogP contribution in [0, 0.1) is 5.41 Å². The van der Waals surface area contributed by atoms with Gasteiger partial charge in [0.15, 0.2) is 0 Å². The van der Waals surface area contributed by atoms with Crippen LogP contribution in [0.4, 0.5) is 0 Å². The largest absolute Gasteiger partial charge is 0.323 e. The Morgan fingerprint density at radius 3 is 2.85 bits per heavy atom. The van der Waals surface area contributed by atoms with Crippen molar-refractivity contribution in [2.75, 3.05) is 0 Å². The minimum absolute atomic E-state index is 0.190. The molecule has 1 aromatic rings. The van der Waals surface area contributed by atoms with Gasteiger partial charge >= 0.3 is 0 Å². The summed E-state index contributed by atoms with van der Waals surface area (Å²) in [5, 5.41) is 0. The van der Waals surface area contributed by atoms with Crippen LogP contribution < -0.4 is 5.73 Å². The summed E-state index contributed by atoms with van der Waals surface area (Å²) in [4.78, 5) is 0. The maximum atomic E-state index is 6.16. The summed E-state index contributed by atoms with van der Waals surface area (Å²) in [6.45, 7) is 4.46. The van der Waals surface area contributed by atoms with Crippen LogP contribution in [0.5, 0.6) is 0 Å². The molecule has 0 saturated carbocycles. The molecule has 0 amide bonds. The summed E-state index contributed by atoms with van der Waals surface area (Å²) in [5.74, 6) is 0. The van der Waals surface area contributed by atoms with Crippen molar-refractivity contribution in [3.05, 3.63) is 33.8 Å². The zero-order valence-electron chi connectivity index (χ0n) is 7.97. The number of hydrogen-bond donors (Lipinski definition) is 1. The van der Waals surface area contributed by atoms with Gasteiger partial charge in [-0.05, 0) is 35.1 Å². The van der Waals surface area contributed by atoms with E-state index in [0.717, 1.165) is 10.9 Å². The third-order valence-corrected chi connectivity index (χ3v) is 3.42. The van der Waals surface area contributed by atoms with E-state index < -0.39 is 0 Å². The summed E-state index contributed by atoms with van der Waals surface area (Å²) in [6, 6.07) is 6.58. The van der Waals surface area contributed by atoms with Crippen molar-refractivity contribution in [2.24, 2.45) is 11.1 Å². The number of halogens is 1. The van der Waals surface area contributed by atoms with Crippen LogP contribution in [0.25, 0.3) is 0 Å². The van der Waals surface area contributed by atoms with E-state index >= 15 is 0 Å². The maximum Gasteiger partial charge on any atom is 0.0352 e. The van der Waals surface area contributed by atoms with Gasteiger partial charge in [-0.3, -0.25) is 0 Å². The van der Waals surface area contributed by atoms with E-state index in [1.54, 1.807) is 0 Å². The molecule has 0 spiro atoms. The molecule has 1 aliphatic rings. The van der Waals surface area contributed by atoms with E-state index in [-0.39, 0.29) is 11.5 Å². The lowest BCUT2D eigenvalue weighted by molar-refractivity contribution is 0.319. The number of hydrogen-bond acceptors (Lipinski definition) is 1. The molecular formula is C11H14BrN. The van der Waals surface area contributed by atoms with Crippen LogP contribution >= 0.6 is 15.9 Å². The number of fused-ring (bicyclic) bond motifs is 1. The van der Waals surface area contributed by atoms with E-state index in [0.29, 0.717) is 0 Å². The van der Waals surface area contributed by atoms with Crippen molar-refractivity contribution >= 4 is 15.9 Å². The van der Waals surface area contributed by atoms with Gasteiger partial charge in [-0.1, -0.05) is 35.8 Å². The van der Waals surface area contributed by atoms with Gasteiger partial charge in [0.25, 0.3) is 0 Å². The van der Waals surface area contributed by atoms with Crippen LogP contribution in [0.3, 0.4) is 0 Å². The summed E-state index contributed by atoms with van der Waals surface area (Å²) >= 11 is 3.48. The molecule has 1 atom stereocenters. The van der Waals surface area contributed by atoms with Gasteiger partial charge in [0.05, 0.1) is 0 Å². The van der Waals surface area contributed by atoms with Gasteiger partial charge in [0.2, 0.25) is 0 Å². The van der Waals surface area contributed by atoms with E-state index in [1.165, 1.54) is 11.1 Å². The van der Waals surface area contributed by atoms with E-state index in [9.17, 15) is 0 Å². The molecule has 0 bridgehead atoms. The Bertz CT molecular complexity index is 344. The number of benzene rings is 1. The molecule has 0 fully saturated rings. The molecule has 0 aliphatic heterocycles. The quantitative estimate of drug-likeness (QED) is 0.741. The second kappa shape index (κ2) is 2.82. The second-order valence-electron chi connectivity index (χ2n) is 4.49. The summed E-state index contributed by atoms with van der Waals surface area (Å²) in [6.07, 6.45) is 1.09. The Morgan fingerprint density at radius 2 is 2.15 bits per heavy atom. The van der Waals surface area contributed by atoms with E-state index in [4.69, 9.17) is 5.73 Å². The molecule has 1 aliphatic carbocycles. The fraction of sp³-hybridized carbons (Fsp3) is 0.455. The van der Waals surface area contributed by atoms with E-state index in [2.05, 4.69) is 48.0 Å². The third kappa shape index (κ3) is 1.42. The molecular weight excluding hydrogens is 226 g/mol. The van der Waals surface area contributed by atoms with Crippen LogP contribution in [-0.4, -0.2) is 0 Å². The topological polar surface area (TPSA) is 26.0 Å². The van der Waals surface area contributed by atoms with Crippen LogP contribution in [-0.2, 0) is 6.42 Å². The highest BCUT2D eigenvalue weighted by atomic mass is 79.9. The fourth-order valence-corrected chi connectivity index (χ4v) is 2.46. The predicted molar refractivity (Wildman–Crippen MR) is 58.6 cm³/mol. The van der Waals surface area contributed by atoms with Gasteiger partial charge < -0.3 is 5.73 Å². The molecule has 1 aromatic carbocycles. The van der Waals surface area contributed by atoms with Crippen molar-refractivity contribution in [3.63, 3.8) is 0 Å². The van der Waals surface area contributed by atoms with Gasteiger partial charge in [-0.2, -0.15) is 0 Å². The standard InChI is InChI=1S/C11H14BrN/c1-11(2)6-7-5-8(12)3-4-9(7)10(11)13/h3-5,10H,6,13H2,1-2H3/t10-/m1/s1. The summed E-state index contributed by atoms with van der Waals surface area (Å²) in [5.41, 5.74) is 9.08. The molecule has 2 heteroatoms. The first-order valence-electron chi connectivity index (χ1n) is 4.54. The first-order chi connectivity index (χ1) is 6.00. The molecule has 0 saturated heterocycles. The van der Waals surface area contributed by atoms with Gasteiger partial charge in [-0.15, -0.1) is 0 Å². The van der Waals surface area contributed by atoms with Crippen molar-refractivity contribution in [3.8, 4) is 0 Å². The summed E-state index contributed by atoms with van der Waals surface area (Å²) < 4.78 is 1.15. The van der Waals surface area contributed by atoms with Crippen molar-refractivity contribution < 1.29 is 0 Å². The first kappa shape index (κ1) is 9.22. The average molecular weight is 240 g/mol. The van der Waals surface area contributed by atoms with Crippen LogP contribution in [0.1, 0.15) is 31.0 Å². The molecule has 70 valence electrons. The number of rotatable bonds is 0. The molecule has 0 radical (unpaired) electrons. The van der Waals surface area contributed by atoms with E-state index in [1.807, 2.05) is 0 Å². The molecule has 2 N–H and O–H groups in total. The number of nitrogens with two attached hydrogens (primary N) is 1. The smallest absolute Gasteiger partial charge is 0.0352 e.